The van der Waals surface area contributed by atoms with Crippen LogP contribution in [0.15, 0.2) is 53.5 Å². The van der Waals surface area contributed by atoms with Gasteiger partial charge in [-0.05, 0) is 53.9 Å². The van der Waals surface area contributed by atoms with Crippen LogP contribution in [0.4, 0.5) is 4.39 Å². The second kappa shape index (κ2) is 5.29. The van der Waals surface area contributed by atoms with Crippen LogP contribution in [0.3, 0.4) is 0 Å². The first kappa shape index (κ1) is 13.6. The molecule has 0 fully saturated rings. The predicted molar refractivity (Wildman–Crippen MR) is 89.7 cm³/mol. The van der Waals surface area contributed by atoms with Crippen molar-refractivity contribution in [3.8, 4) is 0 Å². The van der Waals surface area contributed by atoms with Crippen LogP contribution in [-0.2, 0) is 6.42 Å². The van der Waals surface area contributed by atoms with Gasteiger partial charge in [0.2, 0.25) is 0 Å². The summed E-state index contributed by atoms with van der Waals surface area (Å²) in [5.41, 5.74) is 4.66. The third kappa shape index (κ3) is 2.24. The highest BCUT2D eigenvalue weighted by Crippen LogP contribution is 2.37. The third-order valence-electron chi connectivity index (χ3n) is 4.50. The lowest BCUT2D eigenvalue weighted by atomic mass is 9.75. The summed E-state index contributed by atoms with van der Waals surface area (Å²) in [7, 11) is 0. The summed E-state index contributed by atoms with van der Waals surface area (Å²) in [5, 5.41) is 3.81. The van der Waals surface area contributed by atoms with E-state index in [1.165, 1.54) is 23.3 Å². The molecule has 110 valence electrons. The smallest absolute Gasteiger partial charge is 0.193 e. The number of nitrogens with one attached hydrogen (secondary N) is 1. The molecule has 2 aromatic rings. The van der Waals surface area contributed by atoms with Crippen molar-refractivity contribution < 1.29 is 4.39 Å². The Kier molecular flexibility index (Phi) is 3.26. The van der Waals surface area contributed by atoms with Gasteiger partial charge in [-0.15, -0.1) is 0 Å². The summed E-state index contributed by atoms with van der Waals surface area (Å²) < 4.78 is 13.2. The van der Waals surface area contributed by atoms with E-state index in [4.69, 9.17) is 12.2 Å². The van der Waals surface area contributed by atoms with Gasteiger partial charge in [0, 0.05) is 5.92 Å². The van der Waals surface area contributed by atoms with E-state index in [-0.39, 0.29) is 17.8 Å². The Labute approximate surface area is 134 Å². The number of aryl methyl sites for hydroxylation is 1. The number of aliphatic imine (C=N–C) groups is 1. The van der Waals surface area contributed by atoms with Crippen molar-refractivity contribution in [1.29, 1.82) is 0 Å². The molecule has 22 heavy (non-hydrogen) atoms. The molecule has 1 aliphatic carbocycles. The zero-order valence-corrected chi connectivity index (χ0v) is 12.7. The van der Waals surface area contributed by atoms with Crippen LogP contribution < -0.4 is 5.32 Å². The number of nitrogens with zero attached hydrogens (tertiary/aromatic N) is 1. The third-order valence-corrected chi connectivity index (χ3v) is 4.71. The predicted octanol–water partition coefficient (Wildman–Crippen LogP) is 3.81. The van der Waals surface area contributed by atoms with Gasteiger partial charge in [0.15, 0.2) is 5.11 Å². The average Bonchev–Trinajstić information content (AvgIpc) is 2.55. The highest BCUT2D eigenvalue weighted by Gasteiger charge is 2.36. The maximum absolute atomic E-state index is 13.2. The molecule has 0 amide bonds. The number of hydrogen-bond donors (Lipinski definition) is 1. The lowest BCUT2D eigenvalue weighted by molar-refractivity contribution is 0.460. The summed E-state index contributed by atoms with van der Waals surface area (Å²) in [4.78, 5) is 4.60. The van der Waals surface area contributed by atoms with Gasteiger partial charge in [-0.2, -0.15) is 0 Å². The van der Waals surface area contributed by atoms with E-state index < -0.39 is 0 Å². The lowest BCUT2D eigenvalue weighted by Gasteiger charge is -2.37. The summed E-state index contributed by atoms with van der Waals surface area (Å²) in [6.45, 7) is 0. The molecule has 4 heteroatoms. The van der Waals surface area contributed by atoms with Crippen molar-refractivity contribution in [3.05, 3.63) is 71.0 Å². The van der Waals surface area contributed by atoms with Crippen molar-refractivity contribution in [2.75, 3.05) is 0 Å². The number of rotatable bonds is 1. The average molecular weight is 310 g/mol. The minimum atomic E-state index is -0.218. The van der Waals surface area contributed by atoms with Crippen LogP contribution >= 0.6 is 12.2 Å². The van der Waals surface area contributed by atoms with Crippen molar-refractivity contribution in [3.63, 3.8) is 0 Å². The molecule has 2 atom stereocenters. The van der Waals surface area contributed by atoms with Gasteiger partial charge in [-0.3, -0.25) is 0 Å². The van der Waals surface area contributed by atoms with Gasteiger partial charge in [0.1, 0.15) is 5.82 Å². The van der Waals surface area contributed by atoms with Gasteiger partial charge >= 0.3 is 0 Å². The molecule has 4 rings (SSSR count). The van der Waals surface area contributed by atoms with Gasteiger partial charge < -0.3 is 5.32 Å². The largest absolute Gasteiger partial charge is 0.353 e. The minimum Gasteiger partial charge on any atom is -0.353 e. The van der Waals surface area contributed by atoms with Crippen LogP contribution in [0.5, 0.6) is 0 Å². The Morgan fingerprint density at radius 2 is 1.86 bits per heavy atom. The maximum Gasteiger partial charge on any atom is 0.193 e. The number of halogens is 1. The van der Waals surface area contributed by atoms with Crippen molar-refractivity contribution in [2.24, 2.45) is 10.9 Å². The molecular weight excluding hydrogens is 295 g/mol. The Hall–Kier alpha value is -2.07. The van der Waals surface area contributed by atoms with E-state index in [0.717, 1.165) is 24.1 Å². The van der Waals surface area contributed by atoms with E-state index in [2.05, 4.69) is 28.5 Å². The second-order valence-corrected chi connectivity index (χ2v) is 6.16. The van der Waals surface area contributed by atoms with E-state index in [0.29, 0.717) is 5.11 Å². The Balaban J connectivity index is 1.78. The van der Waals surface area contributed by atoms with Gasteiger partial charge in [-0.1, -0.05) is 36.4 Å². The van der Waals surface area contributed by atoms with Crippen molar-refractivity contribution in [2.45, 2.75) is 18.9 Å². The van der Waals surface area contributed by atoms with Crippen LogP contribution in [0.25, 0.3) is 0 Å². The van der Waals surface area contributed by atoms with Gasteiger partial charge in [0.25, 0.3) is 0 Å². The standard InChI is InChI=1S/C18H15FN2S/c19-13-8-5-12(6-9-13)16-15-10-7-11-3-1-2-4-14(11)17(15)21-18(22)20-16/h1-6,8-9,15-16H,7,10H2,(H,20,22). The molecule has 0 aromatic heterocycles. The van der Waals surface area contributed by atoms with Gasteiger partial charge in [0.05, 0.1) is 11.8 Å². The van der Waals surface area contributed by atoms with Crippen molar-refractivity contribution in [1.82, 2.24) is 5.32 Å². The Bertz CT molecular complexity index is 767. The zero-order valence-electron chi connectivity index (χ0n) is 11.9. The van der Waals surface area contributed by atoms with Crippen molar-refractivity contribution >= 4 is 23.0 Å². The molecule has 0 bridgehead atoms. The highest BCUT2D eigenvalue weighted by molar-refractivity contribution is 7.80. The minimum absolute atomic E-state index is 0.0638. The van der Waals surface area contributed by atoms with Crippen LogP contribution in [0.2, 0.25) is 0 Å². The SMILES string of the molecule is Fc1ccc(C2NC(=S)N=C3c4ccccc4CCC32)cc1. The van der Waals surface area contributed by atoms with E-state index >= 15 is 0 Å². The van der Waals surface area contributed by atoms with E-state index in [9.17, 15) is 4.39 Å². The first-order valence-corrected chi connectivity index (χ1v) is 7.86. The van der Waals surface area contributed by atoms with Crippen LogP contribution in [0, 0.1) is 11.7 Å². The Morgan fingerprint density at radius 3 is 2.68 bits per heavy atom. The highest BCUT2D eigenvalue weighted by atomic mass is 32.1. The molecule has 2 nitrogen and oxygen atoms in total. The van der Waals surface area contributed by atoms with Crippen LogP contribution in [0.1, 0.15) is 29.2 Å². The summed E-state index contributed by atoms with van der Waals surface area (Å²) >= 11 is 5.33. The molecule has 0 spiro atoms. The van der Waals surface area contributed by atoms with E-state index in [1.54, 1.807) is 0 Å². The molecule has 1 N–H and O–H groups in total. The number of thiocarbonyl (C=S) groups is 1. The van der Waals surface area contributed by atoms with E-state index in [1.807, 2.05) is 18.2 Å². The molecule has 2 unspecified atom stereocenters. The molecule has 0 saturated heterocycles. The fraction of sp³-hybridized carbons (Fsp3) is 0.222. The Morgan fingerprint density at radius 1 is 1.09 bits per heavy atom. The molecule has 0 radical (unpaired) electrons. The molecule has 2 aliphatic rings. The topological polar surface area (TPSA) is 24.4 Å². The summed E-state index contributed by atoms with van der Waals surface area (Å²) in [6, 6.07) is 15.1. The molecule has 1 aliphatic heterocycles. The first-order valence-electron chi connectivity index (χ1n) is 7.45. The summed E-state index contributed by atoms with van der Waals surface area (Å²) in [5.74, 6) is 0.0528. The van der Waals surface area contributed by atoms with Crippen LogP contribution in [-0.4, -0.2) is 10.8 Å². The second-order valence-electron chi connectivity index (χ2n) is 5.78. The van der Waals surface area contributed by atoms with Gasteiger partial charge in [-0.25, -0.2) is 9.38 Å². The number of benzene rings is 2. The molecular formula is C18H15FN2S. The molecule has 2 aromatic carbocycles. The first-order chi connectivity index (χ1) is 10.7. The zero-order chi connectivity index (χ0) is 15.1. The fourth-order valence-electron chi connectivity index (χ4n) is 3.46. The number of hydrogen-bond acceptors (Lipinski definition) is 1. The quantitative estimate of drug-likeness (QED) is 0.810. The maximum atomic E-state index is 13.2. The normalized spacial score (nSPS) is 23.1. The number of fused-ring (bicyclic) bond motifs is 3. The fourth-order valence-corrected chi connectivity index (χ4v) is 3.69. The monoisotopic (exact) mass is 310 g/mol. The lowest BCUT2D eigenvalue weighted by Crippen LogP contribution is -2.43. The summed E-state index contributed by atoms with van der Waals surface area (Å²) in [6.07, 6.45) is 2.06. The molecule has 0 saturated carbocycles. The molecule has 1 heterocycles.